The Kier molecular flexibility index (Phi) is 3.59. The smallest absolute Gasteiger partial charge is 0.307 e. The number of hydrogen-bond acceptors (Lipinski definition) is 3. The number of benzene rings is 1. The van der Waals surface area contributed by atoms with Crippen molar-refractivity contribution in [3.63, 3.8) is 0 Å². The predicted octanol–water partition coefficient (Wildman–Crippen LogP) is 2.54. The molecule has 1 aliphatic carbocycles. The van der Waals surface area contributed by atoms with Gasteiger partial charge in [-0.05, 0) is 48.9 Å². The van der Waals surface area contributed by atoms with Gasteiger partial charge < -0.3 is 10.0 Å². The molecule has 2 fully saturated rings. The van der Waals surface area contributed by atoms with Crippen LogP contribution in [0, 0.1) is 17.2 Å². The number of nitrogens with zero attached hydrogens (tertiary/aromatic N) is 2. The molecule has 2 N–H and O–H groups in total. The van der Waals surface area contributed by atoms with E-state index in [4.69, 9.17) is 5.11 Å². The van der Waals surface area contributed by atoms with E-state index in [1.54, 1.807) is 17.0 Å². The van der Waals surface area contributed by atoms with Crippen molar-refractivity contribution in [3.05, 3.63) is 41.8 Å². The van der Waals surface area contributed by atoms with Gasteiger partial charge in [-0.15, -0.1) is 0 Å². The third-order valence-electron chi connectivity index (χ3n) is 5.54. The first-order chi connectivity index (χ1) is 12.0. The van der Waals surface area contributed by atoms with Gasteiger partial charge in [0.1, 0.15) is 5.82 Å². The summed E-state index contributed by atoms with van der Waals surface area (Å²) in [4.78, 5) is 25.7. The molecule has 0 bridgehead atoms. The molecule has 1 aliphatic heterocycles. The summed E-state index contributed by atoms with van der Waals surface area (Å²) in [6, 6.07) is 5.89. The molecule has 0 radical (unpaired) electrons. The first kappa shape index (κ1) is 15.8. The van der Waals surface area contributed by atoms with Crippen molar-refractivity contribution in [3.8, 4) is 11.3 Å². The molecule has 1 aromatic carbocycles. The second kappa shape index (κ2) is 5.68. The number of likely N-dealkylation sites (tertiary alicyclic amines) is 1. The molecule has 1 saturated heterocycles. The lowest BCUT2D eigenvalue weighted by Gasteiger charge is -2.32. The van der Waals surface area contributed by atoms with Crippen LogP contribution in [-0.2, 0) is 4.79 Å². The molecule has 1 aromatic heterocycles. The molecule has 6 nitrogen and oxygen atoms in total. The number of hydrogen-bond donors (Lipinski definition) is 2. The fourth-order valence-corrected chi connectivity index (χ4v) is 3.86. The summed E-state index contributed by atoms with van der Waals surface area (Å²) in [6.45, 7) is 1.10. The van der Waals surface area contributed by atoms with Crippen molar-refractivity contribution in [2.75, 3.05) is 13.1 Å². The normalized spacial score (nSPS) is 21.3. The Labute approximate surface area is 143 Å². The highest BCUT2D eigenvalue weighted by molar-refractivity contribution is 5.99. The first-order valence-corrected chi connectivity index (χ1v) is 8.32. The van der Waals surface area contributed by atoms with E-state index in [1.165, 1.54) is 18.3 Å². The zero-order valence-electron chi connectivity index (χ0n) is 13.5. The van der Waals surface area contributed by atoms with Crippen LogP contribution in [0.15, 0.2) is 30.5 Å². The van der Waals surface area contributed by atoms with Gasteiger partial charge in [0, 0.05) is 18.7 Å². The molecule has 130 valence electrons. The van der Waals surface area contributed by atoms with Gasteiger partial charge in [0.25, 0.3) is 5.91 Å². The Hall–Kier alpha value is -2.70. The van der Waals surface area contributed by atoms with Crippen molar-refractivity contribution >= 4 is 11.9 Å². The number of carbonyl (C=O) groups is 2. The zero-order chi connectivity index (χ0) is 17.6. The lowest BCUT2D eigenvalue weighted by molar-refractivity contribution is -0.139. The number of amides is 1. The molecule has 1 spiro atoms. The molecule has 2 heterocycles. The van der Waals surface area contributed by atoms with Crippen LogP contribution in [0.1, 0.15) is 29.6 Å². The van der Waals surface area contributed by atoms with E-state index in [0.717, 1.165) is 19.3 Å². The highest BCUT2D eigenvalue weighted by atomic mass is 19.1. The minimum Gasteiger partial charge on any atom is -0.481 e. The van der Waals surface area contributed by atoms with E-state index in [2.05, 4.69) is 10.2 Å². The first-order valence-electron chi connectivity index (χ1n) is 8.32. The van der Waals surface area contributed by atoms with Crippen molar-refractivity contribution in [2.45, 2.75) is 19.3 Å². The van der Waals surface area contributed by atoms with Crippen LogP contribution >= 0.6 is 0 Å². The number of aromatic nitrogens is 2. The highest BCUT2D eigenvalue weighted by Crippen LogP contribution is 2.59. The van der Waals surface area contributed by atoms with E-state index in [9.17, 15) is 14.0 Å². The van der Waals surface area contributed by atoms with Crippen LogP contribution in [0.2, 0.25) is 0 Å². The van der Waals surface area contributed by atoms with Crippen LogP contribution in [0.4, 0.5) is 4.39 Å². The lowest BCUT2D eigenvalue weighted by atomic mass is 9.90. The minimum absolute atomic E-state index is 0.112. The second-order valence-corrected chi connectivity index (χ2v) is 6.92. The van der Waals surface area contributed by atoms with Crippen molar-refractivity contribution < 1.29 is 19.1 Å². The molecular formula is C18H18FN3O3. The van der Waals surface area contributed by atoms with Gasteiger partial charge in [0.05, 0.1) is 23.4 Å². The minimum atomic E-state index is -0.729. The van der Waals surface area contributed by atoms with Gasteiger partial charge in [0.15, 0.2) is 0 Å². The van der Waals surface area contributed by atoms with E-state index in [1.807, 2.05) is 0 Å². The topological polar surface area (TPSA) is 86.3 Å². The van der Waals surface area contributed by atoms with Crippen LogP contribution in [0.25, 0.3) is 11.3 Å². The summed E-state index contributed by atoms with van der Waals surface area (Å²) in [5.74, 6) is -1.45. The molecule has 25 heavy (non-hydrogen) atoms. The number of carboxylic acids is 1. The molecule has 1 atom stereocenters. The summed E-state index contributed by atoms with van der Waals surface area (Å²) < 4.78 is 13.1. The van der Waals surface area contributed by atoms with Crippen molar-refractivity contribution in [1.82, 2.24) is 15.1 Å². The summed E-state index contributed by atoms with van der Waals surface area (Å²) in [6.07, 6.45) is 3.65. The third kappa shape index (κ3) is 2.69. The molecule has 2 aromatic rings. The van der Waals surface area contributed by atoms with Crippen LogP contribution < -0.4 is 0 Å². The van der Waals surface area contributed by atoms with Gasteiger partial charge >= 0.3 is 5.97 Å². The number of aromatic amines is 1. The Morgan fingerprint density at radius 1 is 1.24 bits per heavy atom. The number of carboxylic acid groups (broad SMARTS) is 1. The largest absolute Gasteiger partial charge is 0.481 e. The summed E-state index contributed by atoms with van der Waals surface area (Å²) >= 11 is 0. The molecular weight excluding hydrogens is 325 g/mol. The van der Waals surface area contributed by atoms with Crippen LogP contribution in [0.3, 0.4) is 0 Å². The number of piperidine rings is 1. The Balaban J connectivity index is 1.49. The van der Waals surface area contributed by atoms with E-state index < -0.39 is 5.97 Å². The van der Waals surface area contributed by atoms with E-state index in [-0.39, 0.29) is 23.1 Å². The Morgan fingerprint density at radius 2 is 1.92 bits per heavy atom. The van der Waals surface area contributed by atoms with Crippen molar-refractivity contribution in [1.29, 1.82) is 0 Å². The van der Waals surface area contributed by atoms with Gasteiger partial charge in [-0.25, -0.2) is 4.39 Å². The van der Waals surface area contributed by atoms with Gasteiger partial charge in [0.2, 0.25) is 0 Å². The fraction of sp³-hybridized carbons (Fsp3) is 0.389. The fourth-order valence-electron chi connectivity index (χ4n) is 3.86. The number of halogens is 1. The predicted molar refractivity (Wildman–Crippen MR) is 87.3 cm³/mol. The van der Waals surface area contributed by atoms with Crippen LogP contribution in [-0.4, -0.2) is 45.2 Å². The molecule has 0 unspecified atom stereocenters. The Morgan fingerprint density at radius 3 is 2.52 bits per heavy atom. The maximum atomic E-state index is 13.1. The number of H-pyrrole nitrogens is 1. The number of rotatable bonds is 3. The molecule has 2 aliphatic rings. The summed E-state index contributed by atoms with van der Waals surface area (Å²) in [7, 11) is 0. The average Bonchev–Trinajstić information content (AvgIpc) is 3.09. The number of carbonyl (C=O) groups excluding carboxylic acids is 1. The third-order valence-corrected chi connectivity index (χ3v) is 5.54. The molecule has 4 rings (SSSR count). The standard InChI is InChI=1S/C18H18FN3O3/c19-12-3-1-11(2-4-12)15-13(10-20-21-15)16(23)22-7-5-18(6-8-22)9-14(18)17(24)25/h1-4,10,14H,5-9H2,(H,20,21)(H,24,25)/t14-/m1/s1. The number of nitrogens with one attached hydrogen (secondary N) is 1. The molecule has 1 saturated carbocycles. The SMILES string of the molecule is O=C(O)[C@H]1CC12CCN(C(=O)c1cn[nH]c1-c1ccc(F)cc1)CC2. The molecule has 7 heteroatoms. The van der Waals surface area contributed by atoms with E-state index >= 15 is 0 Å². The Bertz CT molecular complexity index is 822. The van der Waals surface area contributed by atoms with Gasteiger partial charge in [-0.3, -0.25) is 14.7 Å². The highest BCUT2D eigenvalue weighted by Gasteiger charge is 2.59. The van der Waals surface area contributed by atoms with Crippen molar-refractivity contribution in [2.24, 2.45) is 11.3 Å². The zero-order valence-corrected chi connectivity index (χ0v) is 13.5. The van der Waals surface area contributed by atoms with Gasteiger partial charge in [-0.2, -0.15) is 5.10 Å². The maximum Gasteiger partial charge on any atom is 0.307 e. The maximum absolute atomic E-state index is 13.1. The molecule has 1 amide bonds. The summed E-state index contributed by atoms with van der Waals surface area (Å²) in [5.41, 5.74) is 1.61. The van der Waals surface area contributed by atoms with Gasteiger partial charge in [-0.1, -0.05) is 0 Å². The quantitative estimate of drug-likeness (QED) is 0.897. The lowest BCUT2D eigenvalue weighted by Crippen LogP contribution is -2.40. The summed E-state index contributed by atoms with van der Waals surface area (Å²) in [5, 5.41) is 15.9. The van der Waals surface area contributed by atoms with E-state index in [0.29, 0.717) is 29.9 Å². The average molecular weight is 343 g/mol. The second-order valence-electron chi connectivity index (χ2n) is 6.92. The number of aliphatic carboxylic acids is 1. The van der Waals surface area contributed by atoms with Crippen LogP contribution in [0.5, 0.6) is 0 Å². The monoisotopic (exact) mass is 343 g/mol.